The van der Waals surface area contributed by atoms with Gasteiger partial charge in [-0.1, -0.05) is 62.7 Å². The Morgan fingerprint density at radius 3 is 2.15 bits per heavy atom. The lowest BCUT2D eigenvalue weighted by Crippen LogP contribution is -2.49. The van der Waals surface area contributed by atoms with Crippen LogP contribution >= 0.6 is 11.6 Å². The predicted octanol–water partition coefficient (Wildman–Crippen LogP) is 6.42. The molecule has 26 heavy (non-hydrogen) atoms. The van der Waals surface area contributed by atoms with E-state index in [1.54, 1.807) is 24.3 Å². The van der Waals surface area contributed by atoms with Crippen LogP contribution in [0.3, 0.4) is 0 Å². The number of hydrogen-bond acceptors (Lipinski definition) is 3. The molecule has 0 unspecified atom stereocenters. The molecule has 0 radical (unpaired) electrons. The normalized spacial score (nSPS) is 11.9. The third kappa shape index (κ3) is 5.33. The van der Waals surface area contributed by atoms with Crippen LogP contribution in [-0.4, -0.2) is 14.4 Å². The number of nitrogens with zero attached hydrogens (tertiary/aromatic N) is 1. The fourth-order valence-electron chi connectivity index (χ4n) is 1.91. The molecular formula is C20H26ClNO3Si. The number of carbonyl (C=O) groups is 1. The molecule has 0 aliphatic carbocycles. The number of hydrogen-bond donors (Lipinski definition) is 0. The minimum atomic E-state index is -2.24. The molecule has 0 saturated carbocycles. The first kappa shape index (κ1) is 20.5. The molecule has 1 amide bonds. The summed E-state index contributed by atoms with van der Waals surface area (Å²) >= 11 is 5.98. The van der Waals surface area contributed by atoms with Crippen LogP contribution in [0.4, 0.5) is 10.5 Å². The molecule has 0 atom stereocenters. The van der Waals surface area contributed by atoms with E-state index in [-0.39, 0.29) is 11.6 Å². The summed E-state index contributed by atoms with van der Waals surface area (Å²) in [4.78, 5) is 12.8. The number of benzene rings is 2. The summed E-state index contributed by atoms with van der Waals surface area (Å²) in [7, 11) is -2.24. The molecule has 0 saturated heterocycles. The van der Waals surface area contributed by atoms with Gasteiger partial charge in [-0.05, 0) is 48.0 Å². The van der Waals surface area contributed by atoms with Crippen molar-refractivity contribution in [2.24, 2.45) is 0 Å². The number of halogens is 1. The molecule has 2 rings (SSSR count). The zero-order valence-corrected chi connectivity index (χ0v) is 17.7. The first-order valence-corrected chi connectivity index (χ1v) is 11.8. The van der Waals surface area contributed by atoms with E-state index < -0.39 is 14.4 Å². The van der Waals surface area contributed by atoms with Gasteiger partial charge in [0.15, 0.2) is 0 Å². The van der Waals surface area contributed by atoms with E-state index in [2.05, 4.69) is 33.9 Å². The fraction of sp³-hybridized carbons (Fsp3) is 0.350. The topological polar surface area (TPSA) is 38.8 Å². The molecule has 0 aliphatic heterocycles. The molecule has 2 aromatic rings. The lowest BCUT2D eigenvalue weighted by molar-refractivity contribution is 0.117. The van der Waals surface area contributed by atoms with Crippen molar-refractivity contribution in [3.63, 3.8) is 0 Å². The van der Waals surface area contributed by atoms with Gasteiger partial charge in [0.05, 0.1) is 5.69 Å². The van der Waals surface area contributed by atoms with Crippen LogP contribution in [0.15, 0.2) is 54.6 Å². The third-order valence-corrected chi connectivity index (χ3v) is 9.06. The molecule has 0 aliphatic rings. The van der Waals surface area contributed by atoms with E-state index in [0.717, 1.165) is 5.56 Å². The van der Waals surface area contributed by atoms with Gasteiger partial charge in [-0.25, -0.2) is 4.79 Å². The summed E-state index contributed by atoms with van der Waals surface area (Å²) < 4.78 is 11.7. The summed E-state index contributed by atoms with van der Waals surface area (Å²) in [6.45, 7) is 10.7. The zero-order valence-electron chi connectivity index (χ0n) is 16.0. The minimum absolute atomic E-state index is 0.0581. The minimum Gasteiger partial charge on any atom is -0.443 e. The number of hydroxylamine groups is 1. The van der Waals surface area contributed by atoms with Gasteiger partial charge in [0.2, 0.25) is 8.32 Å². The summed E-state index contributed by atoms with van der Waals surface area (Å²) in [5, 5.41) is 1.80. The Labute approximate surface area is 161 Å². The van der Waals surface area contributed by atoms with Crippen molar-refractivity contribution in [1.82, 2.24) is 0 Å². The van der Waals surface area contributed by atoms with Gasteiger partial charge in [-0.2, -0.15) is 5.06 Å². The van der Waals surface area contributed by atoms with Gasteiger partial charge in [-0.3, -0.25) is 0 Å². The van der Waals surface area contributed by atoms with Crippen LogP contribution in [0.2, 0.25) is 23.2 Å². The Bertz CT molecular complexity index is 727. The molecule has 0 heterocycles. The quantitative estimate of drug-likeness (QED) is 0.436. The summed E-state index contributed by atoms with van der Waals surface area (Å²) in [6.07, 6.45) is -0.541. The third-order valence-electron chi connectivity index (χ3n) is 4.56. The van der Waals surface area contributed by atoms with Crippen molar-refractivity contribution < 1.29 is 14.1 Å². The molecule has 4 nitrogen and oxygen atoms in total. The maximum absolute atomic E-state index is 12.8. The number of ether oxygens (including phenoxy) is 1. The van der Waals surface area contributed by atoms with Crippen molar-refractivity contribution in [2.75, 3.05) is 5.06 Å². The molecule has 0 fully saturated rings. The van der Waals surface area contributed by atoms with E-state index in [9.17, 15) is 4.79 Å². The van der Waals surface area contributed by atoms with Gasteiger partial charge in [-0.15, -0.1) is 0 Å². The second-order valence-corrected chi connectivity index (χ2v) is 12.8. The molecule has 0 N–H and O–H groups in total. The smallest absolute Gasteiger partial charge is 0.438 e. The van der Waals surface area contributed by atoms with Crippen LogP contribution in [0, 0.1) is 0 Å². The van der Waals surface area contributed by atoms with Gasteiger partial charge in [0.1, 0.15) is 6.61 Å². The van der Waals surface area contributed by atoms with E-state index in [4.69, 9.17) is 20.9 Å². The molecule has 2 aromatic carbocycles. The number of amides is 1. The second kappa shape index (κ2) is 8.25. The molecule has 0 spiro atoms. The highest BCUT2D eigenvalue weighted by molar-refractivity contribution is 6.74. The Balaban J connectivity index is 2.22. The standard InChI is InChI=1S/C20H26ClNO3Si/c1-20(2,3)26(4,5)25-22(18-13-11-17(21)12-14-18)19(23)24-15-16-9-7-6-8-10-16/h6-14H,15H2,1-5H3. The lowest BCUT2D eigenvalue weighted by atomic mass is 10.2. The van der Waals surface area contributed by atoms with Gasteiger partial charge in [0.25, 0.3) is 0 Å². The van der Waals surface area contributed by atoms with E-state index in [1.165, 1.54) is 5.06 Å². The number of anilines is 1. The molecular weight excluding hydrogens is 366 g/mol. The molecule has 0 aromatic heterocycles. The van der Waals surface area contributed by atoms with Crippen LogP contribution < -0.4 is 5.06 Å². The molecule has 140 valence electrons. The first-order chi connectivity index (χ1) is 12.1. The zero-order chi connectivity index (χ0) is 19.4. The molecule has 0 bridgehead atoms. The maximum atomic E-state index is 12.8. The van der Waals surface area contributed by atoms with Gasteiger partial charge in [0, 0.05) is 5.02 Å². The summed E-state index contributed by atoms with van der Waals surface area (Å²) in [6, 6.07) is 16.5. The van der Waals surface area contributed by atoms with Crippen LogP contribution in [0.5, 0.6) is 0 Å². The van der Waals surface area contributed by atoms with Gasteiger partial charge < -0.3 is 9.26 Å². The Morgan fingerprint density at radius 2 is 1.62 bits per heavy atom. The molecule has 6 heteroatoms. The maximum Gasteiger partial charge on any atom is 0.438 e. The van der Waals surface area contributed by atoms with E-state index >= 15 is 0 Å². The summed E-state index contributed by atoms with van der Waals surface area (Å²) in [5.41, 5.74) is 1.52. The highest BCUT2D eigenvalue weighted by Gasteiger charge is 2.41. The number of rotatable bonds is 5. The van der Waals surface area contributed by atoms with Crippen LogP contribution in [0.25, 0.3) is 0 Å². The van der Waals surface area contributed by atoms with Crippen LogP contribution in [-0.2, 0) is 15.9 Å². The Morgan fingerprint density at radius 1 is 1.04 bits per heavy atom. The van der Waals surface area contributed by atoms with Crippen molar-refractivity contribution in [1.29, 1.82) is 0 Å². The fourth-order valence-corrected chi connectivity index (χ4v) is 2.95. The van der Waals surface area contributed by atoms with Crippen molar-refractivity contribution in [3.8, 4) is 0 Å². The van der Waals surface area contributed by atoms with E-state index in [0.29, 0.717) is 10.7 Å². The Hall–Kier alpha value is -1.82. The van der Waals surface area contributed by atoms with Gasteiger partial charge >= 0.3 is 6.09 Å². The largest absolute Gasteiger partial charge is 0.443 e. The highest BCUT2D eigenvalue weighted by atomic mass is 35.5. The highest BCUT2D eigenvalue weighted by Crippen LogP contribution is 2.38. The summed E-state index contributed by atoms with van der Waals surface area (Å²) in [5.74, 6) is 0. The predicted molar refractivity (Wildman–Crippen MR) is 109 cm³/mol. The van der Waals surface area contributed by atoms with Crippen molar-refractivity contribution in [2.45, 2.75) is 45.5 Å². The van der Waals surface area contributed by atoms with Crippen LogP contribution in [0.1, 0.15) is 26.3 Å². The average molecular weight is 392 g/mol. The lowest BCUT2D eigenvalue weighted by Gasteiger charge is -2.39. The first-order valence-electron chi connectivity index (χ1n) is 8.56. The monoisotopic (exact) mass is 391 g/mol. The number of carbonyl (C=O) groups excluding carboxylic acids is 1. The van der Waals surface area contributed by atoms with Crippen molar-refractivity contribution >= 4 is 31.7 Å². The SMILES string of the molecule is CC(C)(C)[Si](C)(C)ON(C(=O)OCc1ccccc1)c1ccc(Cl)cc1. The van der Waals surface area contributed by atoms with Crippen molar-refractivity contribution in [3.05, 3.63) is 65.2 Å². The Kier molecular flexibility index (Phi) is 6.50. The van der Waals surface area contributed by atoms with E-state index in [1.807, 2.05) is 30.3 Å². The second-order valence-electron chi connectivity index (χ2n) is 7.66. The average Bonchev–Trinajstić information content (AvgIpc) is 2.58.